The Morgan fingerprint density at radius 2 is 1.77 bits per heavy atom. The maximum Gasteiger partial charge on any atom is 0.331 e. The third-order valence-corrected chi connectivity index (χ3v) is 7.99. The number of fused-ring (bicyclic) bond motifs is 1. The molecule has 2 heterocycles. The number of esters is 1. The van der Waals surface area contributed by atoms with Crippen LogP contribution in [0, 0.1) is 13.8 Å². The number of para-hydroxylation sites is 1. The first kappa shape index (κ1) is 24.6. The smallest absolute Gasteiger partial charge is 0.331 e. The van der Waals surface area contributed by atoms with Gasteiger partial charge in [0.1, 0.15) is 0 Å². The van der Waals surface area contributed by atoms with Crippen molar-refractivity contribution in [3.05, 3.63) is 77.5 Å². The van der Waals surface area contributed by atoms with Gasteiger partial charge in [-0.2, -0.15) is 4.31 Å². The van der Waals surface area contributed by atoms with Crippen molar-refractivity contribution in [3.63, 3.8) is 0 Å². The first-order valence-corrected chi connectivity index (χ1v) is 12.7. The van der Waals surface area contributed by atoms with Crippen LogP contribution < -0.4 is 0 Å². The van der Waals surface area contributed by atoms with Crippen LogP contribution in [0.5, 0.6) is 0 Å². The molecule has 1 saturated heterocycles. The lowest BCUT2D eigenvalue weighted by Crippen LogP contribution is -2.51. The summed E-state index contributed by atoms with van der Waals surface area (Å²) >= 11 is 0. The molecule has 2 aromatic carbocycles. The maximum absolute atomic E-state index is 13.1. The number of aromatic nitrogens is 1. The molecule has 1 aliphatic rings. The average molecular weight is 494 g/mol. The minimum absolute atomic E-state index is 0.184. The molecule has 0 aliphatic carbocycles. The standard InChI is InChI=1S/C26H27N3O5S/c1-19-8-9-20(2)23(17-19)35(32,33)29-15-13-28(14-16-29)24(30)18-34-25(31)11-10-22-6-3-5-21-7-4-12-27-26(21)22/h3-12,17H,13-16,18H2,1-2H3/b11-10+. The highest BCUT2D eigenvalue weighted by molar-refractivity contribution is 7.89. The van der Waals surface area contributed by atoms with Crippen LogP contribution in [-0.2, 0) is 24.3 Å². The van der Waals surface area contributed by atoms with Crippen LogP contribution in [0.25, 0.3) is 17.0 Å². The minimum Gasteiger partial charge on any atom is -0.452 e. The molecule has 182 valence electrons. The van der Waals surface area contributed by atoms with Gasteiger partial charge in [0.15, 0.2) is 6.61 Å². The Bertz CT molecular complexity index is 1390. The van der Waals surface area contributed by atoms with Crippen molar-refractivity contribution in [3.8, 4) is 0 Å². The van der Waals surface area contributed by atoms with Crippen molar-refractivity contribution in [1.29, 1.82) is 0 Å². The van der Waals surface area contributed by atoms with E-state index in [9.17, 15) is 18.0 Å². The number of amides is 1. The summed E-state index contributed by atoms with van der Waals surface area (Å²) in [5, 5.41) is 0.955. The Morgan fingerprint density at radius 3 is 2.54 bits per heavy atom. The number of nitrogens with zero attached hydrogens (tertiary/aromatic N) is 3. The molecule has 8 nitrogen and oxygen atoms in total. The van der Waals surface area contributed by atoms with Crippen LogP contribution >= 0.6 is 0 Å². The van der Waals surface area contributed by atoms with Crippen molar-refractivity contribution in [1.82, 2.24) is 14.2 Å². The fourth-order valence-electron chi connectivity index (χ4n) is 3.99. The molecule has 0 radical (unpaired) electrons. The van der Waals surface area contributed by atoms with Gasteiger partial charge in [-0.1, -0.05) is 36.4 Å². The molecule has 1 aliphatic heterocycles. The zero-order valence-corrected chi connectivity index (χ0v) is 20.5. The molecule has 0 bridgehead atoms. The van der Waals surface area contributed by atoms with E-state index in [-0.39, 0.29) is 32.1 Å². The number of hydrogen-bond donors (Lipinski definition) is 0. The van der Waals surface area contributed by atoms with Crippen LogP contribution in [0.1, 0.15) is 16.7 Å². The lowest BCUT2D eigenvalue weighted by molar-refractivity contribution is -0.148. The van der Waals surface area contributed by atoms with Crippen molar-refractivity contribution < 1.29 is 22.7 Å². The predicted molar refractivity (Wildman–Crippen MR) is 133 cm³/mol. The summed E-state index contributed by atoms with van der Waals surface area (Å²) in [6, 6.07) is 14.8. The molecular formula is C26H27N3O5S. The number of rotatable bonds is 6. The summed E-state index contributed by atoms with van der Waals surface area (Å²) in [6.45, 7) is 4.06. The van der Waals surface area contributed by atoms with Gasteiger partial charge >= 0.3 is 5.97 Å². The van der Waals surface area contributed by atoms with E-state index in [2.05, 4.69) is 4.98 Å². The number of sulfonamides is 1. The highest BCUT2D eigenvalue weighted by atomic mass is 32.2. The minimum atomic E-state index is -3.64. The van der Waals surface area contributed by atoms with Crippen LogP contribution in [0.3, 0.4) is 0 Å². The lowest BCUT2D eigenvalue weighted by atomic mass is 10.1. The van der Waals surface area contributed by atoms with Crippen LogP contribution in [0.15, 0.2) is 65.7 Å². The molecule has 9 heteroatoms. The van der Waals surface area contributed by atoms with Gasteiger partial charge in [-0.3, -0.25) is 9.78 Å². The van der Waals surface area contributed by atoms with Gasteiger partial charge in [-0.05, 0) is 43.2 Å². The second-order valence-corrected chi connectivity index (χ2v) is 10.3. The Morgan fingerprint density at radius 1 is 1.03 bits per heavy atom. The van der Waals surface area contributed by atoms with E-state index in [0.29, 0.717) is 10.5 Å². The molecule has 4 rings (SSSR count). The predicted octanol–water partition coefficient (Wildman–Crippen LogP) is 2.94. The number of carbonyl (C=O) groups is 2. The van der Waals surface area contributed by atoms with E-state index in [4.69, 9.17) is 4.74 Å². The summed E-state index contributed by atoms with van der Waals surface area (Å²) in [7, 11) is -3.64. The molecule has 1 amide bonds. The zero-order valence-electron chi connectivity index (χ0n) is 19.7. The average Bonchev–Trinajstić information content (AvgIpc) is 2.87. The molecule has 0 spiro atoms. The molecule has 0 saturated carbocycles. The molecule has 35 heavy (non-hydrogen) atoms. The quantitative estimate of drug-likeness (QED) is 0.387. The molecule has 3 aromatic rings. The van der Waals surface area contributed by atoms with Crippen molar-refractivity contribution in [2.45, 2.75) is 18.7 Å². The Hall–Kier alpha value is -3.56. The lowest BCUT2D eigenvalue weighted by Gasteiger charge is -2.34. The summed E-state index contributed by atoms with van der Waals surface area (Å²) in [6.07, 6.45) is 4.56. The number of carbonyl (C=O) groups excluding carboxylic acids is 2. The van der Waals surface area contributed by atoms with Crippen LogP contribution in [-0.4, -0.2) is 67.3 Å². The fourth-order valence-corrected chi connectivity index (χ4v) is 5.73. The summed E-state index contributed by atoms with van der Waals surface area (Å²) in [5.41, 5.74) is 3.10. The van der Waals surface area contributed by atoms with Gasteiger partial charge in [-0.25, -0.2) is 13.2 Å². The summed E-state index contributed by atoms with van der Waals surface area (Å²) in [4.78, 5) is 30.8. The van der Waals surface area contributed by atoms with Crippen molar-refractivity contribution in [2.24, 2.45) is 0 Å². The number of aryl methyl sites for hydroxylation is 2. The topological polar surface area (TPSA) is 96.9 Å². The number of piperazine rings is 1. The third kappa shape index (κ3) is 5.58. The fraction of sp³-hybridized carbons (Fsp3) is 0.269. The Balaban J connectivity index is 1.30. The summed E-state index contributed by atoms with van der Waals surface area (Å²) in [5.74, 6) is -0.996. The Kier molecular flexibility index (Phi) is 7.28. The van der Waals surface area contributed by atoms with E-state index < -0.39 is 22.6 Å². The van der Waals surface area contributed by atoms with Crippen molar-refractivity contribution in [2.75, 3.05) is 32.8 Å². The highest BCUT2D eigenvalue weighted by Gasteiger charge is 2.31. The van der Waals surface area contributed by atoms with E-state index in [1.54, 1.807) is 31.3 Å². The normalized spacial score (nSPS) is 15.0. The van der Waals surface area contributed by atoms with Gasteiger partial charge in [0.25, 0.3) is 5.91 Å². The van der Waals surface area contributed by atoms with Crippen LogP contribution in [0.4, 0.5) is 0 Å². The van der Waals surface area contributed by atoms with Crippen molar-refractivity contribution >= 4 is 38.9 Å². The molecular weight excluding hydrogens is 466 g/mol. The van der Waals surface area contributed by atoms with E-state index in [1.807, 2.05) is 43.3 Å². The van der Waals surface area contributed by atoms with Gasteiger partial charge < -0.3 is 9.64 Å². The van der Waals surface area contributed by atoms with Gasteiger partial charge in [-0.15, -0.1) is 0 Å². The largest absolute Gasteiger partial charge is 0.452 e. The number of ether oxygens (including phenoxy) is 1. The monoisotopic (exact) mass is 493 g/mol. The Labute approximate surface area is 204 Å². The molecule has 0 unspecified atom stereocenters. The highest BCUT2D eigenvalue weighted by Crippen LogP contribution is 2.22. The van der Waals surface area contributed by atoms with Gasteiger partial charge in [0.2, 0.25) is 10.0 Å². The SMILES string of the molecule is Cc1ccc(C)c(S(=O)(=O)N2CCN(C(=O)COC(=O)/C=C/c3cccc4cccnc34)CC2)c1. The molecule has 1 fully saturated rings. The van der Waals surface area contributed by atoms with Gasteiger partial charge in [0.05, 0.1) is 10.4 Å². The first-order chi connectivity index (χ1) is 16.8. The second-order valence-electron chi connectivity index (χ2n) is 8.42. The van der Waals surface area contributed by atoms with E-state index in [0.717, 1.165) is 22.0 Å². The van der Waals surface area contributed by atoms with Gasteiger partial charge in [0, 0.05) is 49.4 Å². The maximum atomic E-state index is 13.1. The second kappa shape index (κ2) is 10.4. The third-order valence-electron chi connectivity index (χ3n) is 5.95. The first-order valence-electron chi connectivity index (χ1n) is 11.3. The number of benzene rings is 2. The van der Waals surface area contributed by atoms with E-state index in [1.165, 1.54) is 15.3 Å². The zero-order chi connectivity index (χ0) is 25.0. The summed E-state index contributed by atoms with van der Waals surface area (Å²) < 4.78 is 32.6. The number of pyridine rings is 1. The molecule has 0 N–H and O–H groups in total. The molecule has 1 aromatic heterocycles. The number of hydrogen-bond acceptors (Lipinski definition) is 6. The van der Waals surface area contributed by atoms with Crippen LogP contribution in [0.2, 0.25) is 0 Å². The molecule has 0 atom stereocenters. The van der Waals surface area contributed by atoms with E-state index >= 15 is 0 Å².